The van der Waals surface area contributed by atoms with E-state index < -0.39 is 5.97 Å². The molecule has 0 spiro atoms. The Morgan fingerprint density at radius 3 is 2.27 bits per heavy atom. The molecule has 2 N–H and O–H groups in total. The summed E-state index contributed by atoms with van der Waals surface area (Å²) in [7, 11) is 1.28. The maximum atomic E-state index is 13.1. The third-order valence-electron chi connectivity index (χ3n) is 4.88. The van der Waals surface area contributed by atoms with Gasteiger partial charge in [-0.25, -0.2) is 9.78 Å². The number of methoxy groups -OCH3 is 1. The lowest BCUT2D eigenvalue weighted by Crippen LogP contribution is -2.19. The third kappa shape index (κ3) is 5.98. The summed E-state index contributed by atoms with van der Waals surface area (Å²) in [6.07, 6.45) is 0. The molecule has 2 aromatic carbocycles. The van der Waals surface area contributed by atoms with Crippen LogP contribution in [0, 0.1) is 20.8 Å². The minimum absolute atomic E-state index is 0.00997. The van der Waals surface area contributed by atoms with Crippen LogP contribution >= 0.6 is 11.8 Å². The number of aromatic nitrogens is 1. The molecule has 0 radical (unpaired) electrons. The Kier molecular flexibility index (Phi) is 7.84. The highest BCUT2D eigenvalue weighted by atomic mass is 32.2. The van der Waals surface area contributed by atoms with Crippen LogP contribution < -0.4 is 10.6 Å². The zero-order chi connectivity index (χ0) is 24.0. The van der Waals surface area contributed by atoms with Crippen molar-refractivity contribution < 1.29 is 19.1 Å². The topological polar surface area (TPSA) is 97.4 Å². The van der Waals surface area contributed by atoms with Gasteiger partial charge in [-0.3, -0.25) is 9.59 Å². The van der Waals surface area contributed by atoms with Gasteiger partial charge >= 0.3 is 5.97 Å². The lowest BCUT2D eigenvalue weighted by atomic mass is 10.1. The van der Waals surface area contributed by atoms with Gasteiger partial charge in [-0.2, -0.15) is 0 Å². The van der Waals surface area contributed by atoms with E-state index in [2.05, 4.69) is 15.6 Å². The molecule has 0 aliphatic carbocycles. The van der Waals surface area contributed by atoms with Crippen LogP contribution in [0.3, 0.4) is 0 Å². The molecule has 0 fully saturated rings. The van der Waals surface area contributed by atoms with Crippen LogP contribution in [0.2, 0.25) is 0 Å². The molecular weight excluding hydrogens is 438 g/mol. The Labute approximate surface area is 197 Å². The number of pyridine rings is 1. The van der Waals surface area contributed by atoms with Crippen LogP contribution in [0.15, 0.2) is 59.6 Å². The van der Waals surface area contributed by atoms with Crippen LogP contribution in [0.25, 0.3) is 0 Å². The summed E-state index contributed by atoms with van der Waals surface area (Å²) in [5, 5.41) is 6.14. The van der Waals surface area contributed by atoms with Crippen molar-refractivity contribution in [2.75, 3.05) is 23.5 Å². The van der Waals surface area contributed by atoms with E-state index in [0.717, 1.165) is 22.5 Å². The molecule has 0 atom stereocenters. The quantitative estimate of drug-likeness (QED) is 0.387. The predicted molar refractivity (Wildman–Crippen MR) is 130 cm³/mol. The van der Waals surface area contributed by atoms with Crippen molar-refractivity contribution in [3.05, 3.63) is 82.5 Å². The summed E-state index contributed by atoms with van der Waals surface area (Å²) < 4.78 is 4.76. The number of ether oxygens (including phenoxy) is 1. The van der Waals surface area contributed by atoms with Gasteiger partial charge in [0, 0.05) is 11.4 Å². The van der Waals surface area contributed by atoms with E-state index in [9.17, 15) is 14.4 Å². The third-order valence-corrected chi connectivity index (χ3v) is 5.85. The molecule has 3 rings (SSSR count). The first-order valence-electron chi connectivity index (χ1n) is 10.3. The largest absolute Gasteiger partial charge is 0.465 e. The summed E-state index contributed by atoms with van der Waals surface area (Å²) in [6, 6.07) is 16.0. The summed E-state index contributed by atoms with van der Waals surface area (Å²) >= 11 is 1.17. The average molecular weight is 464 g/mol. The van der Waals surface area contributed by atoms with Crippen molar-refractivity contribution in [3.8, 4) is 0 Å². The number of nitrogens with one attached hydrogen (secondary N) is 2. The average Bonchev–Trinajstić information content (AvgIpc) is 2.78. The molecule has 0 bridgehead atoms. The molecular formula is C25H25N3O4S. The Hall–Kier alpha value is -3.65. The van der Waals surface area contributed by atoms with Crippen molar-refractivity contribution in [1.82, 2.24) is 4.98 Å². The van der Waals surface area contributed by atoms with E-state index in [4.69, 9.17) is 4.74 Å². The highest BCUT2D eigenvalue weighted by Crippen LogP contribution is 2.26. The fourth-order valence-corrected chi connectivity index (χ4v) is 4.23. The molecule has 0 aliphatic heterocycles. The minimum Gasteiger partial charge on any atom is -0.465 e. The first kappa shape index (κ1) is 24.0. The zero-order valence-electron chi connectivity index (χ0n) is 18.9. The van der Waals surface area contributed by atoms with Gasteiger partial charge in [0.05, 0.1) is 29.7 Å². The van der Waals surface area contributed by atoms with E-state index >= 15 is 0 Å². The van der Waals surface area contributed by atoms with E-state index in [1.807, 2.05) is 51.1 Å². The minimum atomic E-state index is -0.537. The normalized spacial score (nSPS) is 10.4. The first-order valence-corrected chi connectivity index (χ1v) is 11.2. The van der Waals surface area contributed by atoms with E-state index in [-0.39, 0.29) is 23.1 Å². The summed E-state index contributed by atoms with van der Waals surface area (Å²) in [6.45, 7) is 5.60. The molecule has 0 saturated carbocycles. The van der Waals surface area contributed by atoms with Gasteiger partial charge in [0.1, 0.15) is 5.03 Å². The second-order valence-corrected chi connectivity index (χ2v) is 8.37. The van der Waals surface area contributed by atoms with E-state index in [1.54, 1.807) is 24.3 Å². The standard InChI is InChI=1S/C25H25N3O4S/c1-15-9-5-7-11-19(15)28-23(30)22-16(2)13-17(3)26-24(22)33-14-21(29)27-20-12-8-6-10-18(20)25(31)32-4/h5-13H,14H2,1-4H3,(H,27,29)(H,28,30). The van der Waals surface area contributed by atoms with E-state index in [0.29, 0.717) is 16.3 Å². The number of anilines is 2. The molecule has 8 heteroatoms. The van der Waals surface area contributed by atoms with Crippen molar-refractivity contribution in [3.63, 3.8) is 0 Å². The maximum Gasteiger partial charge on any atom is 0.339 e. The van der Waals surface area contributed by atoms with Gasteiger partial charge in [-0.1, -0.05) is 42.1 Å². The number of para-hydroxylation sites is 2. The van der Waals surface area contributed by atoms with Crippen LogP contribution in [0.1, 0.15) is 37.5 Å². The molecule has 33 heavy (non-hydrogen) atoms. The van der Waals surface area contributed by atoms with Gasteiger partial charge in [0.25, 0.3) is 5.91 Å². The summed E-state index contributed by atoms with van der Waals surface area (Å²) in [5.74, 6) is -1.14. The van der Waals surface area contributed by atoms with Gasteiger partial charge in [-0.15, -0.1) is 0 Å². The van der Waals surface area contributed by atoms with E-state index in [1.165, 1.54) is 18.9 Å². The van der Waals surface area contributed by atoms with Crippen LogP contribution in [-0.2, 0) is 9.53 Å². The first-order chi connectivity index (χ1) is 15.8. The number of benzene rings is 2. The number of esters is 1. The second-order valence-electron chi connectivity index (χ2n) is 7.40. The maximum absolute atomic E-state index is 13.1. The van der Waals surface area contributed by atoms with Crippen LogP contribution in [0.4, 0.5) is 11.4 Å². The molecule has 0 aliphatic rings. The van der Waals surface area contributed by atoms with Crippen LogP contribution in [0.5, 0.6) is 0 Å². The Balaban J connectivity index is 1.78. The van der Waals surface area contributed by atoms with Crippen molar-refractivity contribution in [2.24, 2.45) is 0 Å². The number of rotatable bonds is 7. The van der Waals surface area contributed by atoms with Crippen molar-refractivity contribution >= 4 is 40.9 Å². The molecule has 0 saturated heterocycles. The predicted octanol–water partition coefficient (Wildman–Crippen LogP) is 4.78. The van der Waals surface area contributed by atoms with Gasteiger partial charge in [0.2, 0.25) is 5.91 Å². The zero-order valence-corrected chi connectivity index (χ0v) is 19.7. The number of hydrogen-bond donors (Lipinski definition) is 2. The highest BCUT2D eigenvalue weighted by molar-refractivity contribution is 8.00. The number of amides is 2. The number of aryl methyl sites for hydroxylation is 3. The summed E-state index contributed by atoms with van der Waals surface area (Å²) in [5.41, 5.74) is 4.24. The number of nitrogens with zero attached hydrogens (tertiary/aromatic N) is 1. The monoisotopic (exact) mass is 463 g/mol. The van der Waals surface area contributed by atoms with Gasteiger partial charge < -0.3 is 15.4 Å². The lowest BCUT2D eigenvalue weighted by molar-refractivity contribution is -0.113. The highest BCUT2D eigenvalue weighted by Gasteiger charge is 2.20. The SMILES string of the molecule is COC(=O)c1ccccc1NC(=O)CSc1nc(C)cc(C)c1C(=O)Nc1ccccc1C. The molecule has 2 amide bonds. The van der Waals surface area contributed by atoms with Crippen LogP contribution in [-0.4, -0.2) is 35.6 Å². The Bertz CT molecular complexity index is 1210. The Morgan fingerprint density at radius 2 is 1.58 bits per heavy atom. The molecule has 0 unspecified atom stereocenters. The smallest absolute Gasteiger partial charge is 0.339 e. The molecule has 3 aromatic rings. The number of hydrogen-bond acceptors (Lipinski definition) is 6. The molecule has 1 heterocycles. The van der Waals surface area contributed by atoms with Crippen molar-refractivity contribution in [2.45, 2.75) is 25.8 Å². The number of carbonyl (C=O) groups excluding carboxylic acids is 3. The van der Waals surface area contributed by atoms with Gasteiger partial charge in [0.15, 0.2) is 0 Å². The Morgan fingerprint density at radius 1 is 0.909 bits per heavy atom. The summed E-state index contributed by atoms with van der Waals surface area (Å²) in [4.78, 5) is 42.2. The van der Waals surface area contributed by atoms with Crippen molar-refractivity contribution in [1.29, 1.82) is 0 Å². The fraction of sp³-hybridized carbons (Fsp3) is 0.200. The second kappa shape index (κ2) is 10.8. The molecule has 170 valence electrons. The molecule has 1 aromatic heterocycles. The number of carbonyl (C=O) groups is 3. The fourth-order valence-electron chi connectivity index (χ4n) is 3.28. The van der Waals surface area contributed by atoms with Gasteiger partial charge in [-0.05, 0) is 56.2 Å². The molecule has 7 nitrogen and oxygen atoms in total. The number of thioether (sulfide) groups is 1. The lowest BCUT2D eigenvalue weighted by Gasteiger charge is -2.14.